The van der Waals surface area contributed by atoms with Gasteiger partial charge in [-0.3, -0.25) is 4.79 Å². The molecule has 0 saturated carbocycles. The molecule has 0 aliphatic heterocycles. The molecule has 0 bridgehead atoms. The average Bonchev–Trinajstić information content (AvgIpc) is 2.22. The number of carboxylic acid groups (broad SMARTS) is 1. The van der Waals surface area contributed by atoms with E-state index in [1.54, 1.807) is 18.2 Å². The van der Waals surface area contributed by atoms with Crippen molar-refractivity contribution in [1.82, 2.24) is 0 Å². The number of halogens is 1. The van der Waals surface area contributed by atoms with Crippen molar-refractivity contribution in [2.45, 2.75) is 29.9 Å². The summed E-state index contributed by atoms with van der Waals surface area (Å²) in [6.45, 7) is 1.96. The third-order valence-electron chi connectivity index (χ3n) is 2.05. The number of anilines is 1. The van der Waals surface area contributed by atoms with Gasteiger partial charge in [0.25, 0.3) is 0 Å². The highest BCUT2D eigenvalue weighted by Crippen LogP contribution is 2.33. The van der Waals surface area contributed by atoms with Crippen LogP contribution in [0.3, 0.4) is 0 Å². The molecule has 0 radical (unpaired) electrons. The summed E-state index contributed by atoms with van der Waals surface area (Å²) in [7, 11) is 0. The predicted octanol–water partition coefficient (Wildman–Crippen LogP) is 3.27. The van der Waals surface area contributed by atoms with Gasteiger partial charge < -0.3 is 10.8 Å². The van der Waals surface area contributed by atoms with Crippen LogP contribution in [0.15, 0.2) is 23.1 Å². The normalized spacial score (nSPS) is 12.4. The third kappa shape index (κ3) is 3.61. The Morgan fingerprint density at radius 2 is 2.31 bits per heavy atom. The Morgan fingerprint density at radius 3 is 2.88 bits per heavy atom. The molecule has 1 atom stereocenters. The molecule has 5 heteroatoms. The summed E-state index contributed by atoms with van der Waals surface area (Å²) >= 11 is 7.23. The maximum Gasteiger partial charge on any atom is 0.316 e. The number of benzene rings is 1. The van der Waals surface area contributed by atoms with Crippen LogP contribution >= 0.6 is 23.4 Å². The number of thioether (sulfide) groups is 1. The molecule has 3 N–H and O–H groups in total. The van der Waals surface area contributed by atoms with Crippen LogP contribution < -0.4 is 5.73 Å². The Balaban J connectivity index is 2.84. The zero-order chi connectivity index (χ0) is 12.1. The minimum absolute atomic E-state index is 0.468. The van der Waals surface area contributed by atoms with Crippen LogP contribution in [0.4, 0.5) is 5.69 Å². The van der Waals surface area contributed by atoms with Gasteiger partial charge in [0.2, 0.25) is 0 Å². The summed E-state index contributed by atoms with van der Waals surface area (Å²) < 4.78 is 0. The number of hydrogen-bond acceptors (Lipinski definition) is 3. The first-order valence-corrected chi connectivity index (χ1v) is 6.24. The summed E-state index contributed by atoms with van der Waals surface area (Å²) in [5, 5.41) is 9.11. The number of carbonyl (C=O) groups is 1. The molecule has 16 heavy (non-hydrogen) atoms. The van der Waals surface area contributed by atoms with E-state index in [0.29, 0.717) is 17.1 Å². The summed E-state index contributed by atoms with van der Waals surface area (Å²) in [6, 6.07) is 5.09. The Morgan fingerprint density at radius 1 is 1.62 bits per heavy atom. The molecule has 1 rings (SSSR count). The van der Waals surface area contributed by atoms with Crippen molar-refractivity contribution in [2.24, 2.45) is 0 Å². The first-order chi connectivity index (χ1) is 7.54. The van der Waals surface area contributed by atoms with E-state index < -0.39 is 11.2 Å². The van der Waals surface area contributed by atoms with E-state index in [4.69, 9.17) is 22.4 Å². The molecule has 88 valence electrons. The van der Waals surface area contributed by atoms with Crippen LogP contribution in [0.2, 0.25) is 5.02 Å². The highest BCUT2D eigenvalue weighted by molar-refractivity contribution is 8.00. The molecular formula is C11H14ClNO2S. The molecule has 1 unspecified atom stereocenters. The van der Waals surface area contributed by atoms with Gasteiger partial charge in [-0.25, -0.2) is 0 Å². The number of carboxylic acids is 1. The van der Waals surface area contributed by atoms with Crippen LogP contribution in [-0.2, 0) is 4.79 Å². The Hall–Kier alpha value is -0.870. The monoisotopic (exact) mass is 259 g/mol. The SMILES string of the molecule is CCCC(Sc1cc(N)ccc1Cl)C(=O)O. The Bertz CT molecular complexity index is 384. The minimum atomic E-state index is -0.814. The largest absolute Gasteiger partial charge is 0.480 e. The van der Waals surface area contributed by atoms with E-state index in [2.05, 4.69) is 0 Å². The van der Waals surface area contributed by atoms with Gasteiger partial charge in [0.15, 0.2) is 0 Å². The molecule has 3 nitrogen and oxygen atoms in total. The second kappa shape index (κ2) is 6.01. The molecule has 0 aliphatic carbocycles. The molecule has 1 aromatic rings. The molecule has 0 heterocycles. The molecule has 1 aromatic carbocycles. The standard InChI is InChI=1S/C11H14ClNO2S/c1-2-3-9(11(14)15)16-10-6-7(13)4-5-8(10)12/h4-6,9H,2-3,13H2,1H3,(H,14,15). The van der Waals surface area contributed by atoms with Crippen molar-refractivity contribution in [3.05, 3.63) is 23.2 Å². The second-order valence-corrected chi connectivity index (χ2v) is 5.08. The van der Waals surface area contributed by atoms with Gasteiger partial charge in [0, 0.05) is 10.6 Å². The van der Waals surface area contributed by atoms with Gasteiger partial charge in [0.1, 0.15) is 5.25 Å². The molecular weight excluding hydrogens is 246 g/mol. The van der Waals surface area contributed by atoms with E-state index in [9.17, 15) is 4.79 Å². The lowest BCUT2D eigenvalue weighted by molar-refractivity contribution is -0.136. The number of aliphatic carboxylic acids is 1. The Kier molecular flexibility index (Phi) is 4.96. The second-order valence-electron chi connectivity index (χ2n) is 3.42. The molecule has 0 aliphatic rings. The van der Waals surface area contributed by atoms with Gasteiger partial charge in [0.05, 0.1) is 5.02 Å². The van der Waals surface area contributed by atoms with Crippen LogP contribution in [-0.4, -0.2) is 16.3 Å². The van der Waals surface area contributed by atoms with Crippen molar-refractivity contribution in [3.8, 4) is 0 Å². The third-order valence-corrected chi connectivity index (χ3v) is 3.81. The van der Waals surface area contributed by atoms with E-state index in [1.807, 2.05) is 6.92 Å². The topological polar surface area (TPSA) is 63.3 Å². The lowest BCUT2D eigenvalue weighted by Crippen LogP contribution is -2.15. The van der Waals surface area contributed by atoms with E-state index in [-0.39, 0.29) is 0 Å². The molecule has 0 fully saturated rings. The fraction of sp³-hybridized carbons (Fsp3) is 0.364. The summed E-state index contributed by atoms with van der Waals surface area (Å²) in [6.07, 6.45) is 1.44. The number of nitrogen functional groups attached to an aromatic ring is 1. The summed E-state index contributed by atoms with van der Waals surface area (Å²) in [5.41, 5.74) is 6.22. The highest BCUT2D eigenvalue weighted by atomic mass is 35.5. The quantitative estimate of drug-likeness (QED) is 0.629. The Labute approximate surface area is 104 Å². The van der Waals surface area contributed by atoms with Crippen molar-refractivity contribution in [3.63, 3.8) is 0 Å². The fourth-order valence-electron chi connectivity index (χ4n) is 1.26. The smallest absolute Gasteiger partial charge is 0.316 e. The van der Waals surface area contributed by atoms with Gasteiger partial charge in [-0.2, -0.15) is 0 Å². The zero-order valence-electron chi connectivity index (χ0n) is 8.94. The molecule has 0 spiro atoms. The number of hydrogen-bond donors (Lipinski definition) is 2. The van der Waals surface area contributed by atoms with Gasteiger partial charge in [-0.15, -0.1) is 11.8 Å². The molecule has 0 saturated heterocycles. The van der Waals surface area contributed by atoms with E-state index in [0.717, 1.165) is 11.3 Å². The van der Waals surface area contributed by atoms with Crippen molar-refractivity contribution in [1.29, 1.82) is 0 Å². The van der Waals surface area contributed by atoms with E-state index >= 15 is 0 Å². The first-order valence-electron chi connectivity index (χ1n) is 4.99. The van der Waals surface area contributed by atoms with E-state index in [1.165, 1.54) is 11.8 Å². The van der Waals surface area contributed by atoms with Crippen LogP contribution in [0, 0.1) is 0 Å². The lowest BCUT2D eigenvalue weighted by Gasteiger charge is -2.12. The molecule has 0 aromatic heterocycles. The number of nitrogens with two attached hydrogens (primary N) is 1. The van der Waals surface area contributed by atoms with Crippen molar-refractivity contribution in [2.75, 3.05) is 5.73 Å². The lowest BCUT2D eigenvalue weighted by atomic mass is 10.2. The predicted molar refractivity (Wildman–Crippen MR) is 68.1 cm³/mol. The fourth-order valence-corrected chi connectivity index (χ4v) is 2.66. The van der Waals surface area contributed by atoms with Gasteiger partial charge >= 0.3 is 5.97 Å². The first kappa shape index (κ1) is 13.2. The zero-order valence-corrected chi connectivity index (χ0v) is 10.5. The van der Waals surface area contributed by atoms with Crippen LogP contribution in [0.5, 0.6) is 0 Å². The minimum Gasteiger partial charge on any atom is -0.480 e. The maximum atomic E-state index is 11.0. The highest BCUT2D eigenvalue weighted by Gasteiger charge is 2.19. The molecule has 0 amide bonds. The van der Waals surface area contributed by atoms with Crippen molar-refractivity contribution < 1.29 is 9.90 Å². The van der Waals surface area contributed by atoms with Gasteiger partial charge in [-0.1, -0.05) is 24.9 Å². The average molecular weight is 260 g/mol. The maximum absolute atomic E-state index is 11.0. The summed E-state index contributed by atoms with van der Waals surface area (Å²) in [5.74, 6) is -0.814. The number of rotatable bonds is 5. The van der Waals surface area contributed by atoms with Gasteiger partial charge in [-0.05, 0) is 24.6 Å². The van der Waals surface area contributed by atoms with Crippen LogP contribution in [0.1, 0.15) is 19.8 Å². The van der Waals surface area contributed by atoms with Crippen molar-refractivity contribution >= 4 is 35.0 Å². The summed E-state index contributed by atoms with van der Waals surface area (Å²) in [4.78, 5) is 11.7. The van der Waals surface area contributed by atoms with Crippen LogP contribution in [0.25, 0.3) is 0 Å².